The van der Waals surface area contributed by atoms with Crippen molar-refractivity contribution in [3.05, 3.63) is 59.5 Å². The number of hydrogen-bond acceptors (Lipinski definition) is 6. The van der Waals surface area contributed by atoms with Gasteiger partial charge in [0, 0.05) is 0 Å². The van der Waals surface area contributed by atoms with Gasteiger partial charge in [-0.1, -0.05) is 12.1 Å². The van der Waals surface area contributed by atoms with E-state index in [-0.39, 0.29) is 18.7 Å². The summed E-state index contributed by atoms with van der Waals surface area (Å²) in [5, 5.41) is 4.36. The molecule has 2 aromatic rings. The lowest BCUT2D eigenvalue weighted by Gasteiger charge is -2.09. The number of ether oxygens (including phenoxy) is 2. The van der Waals surface area contributed by atoms with E-state index in [4.69, 9.17) is 9.15 Å². The minimum atomic E-state index is -4.42. The summed E-state index contributed by atoms with van der Waals surface area (Å²) in [7, 11) is 0. The molecule has 29 heavy (non-hydrogen) atoms. The molecule has 2 rings (SSSR count). The number of hydrogen-bond donors (Lipinski definition) is 2. The molecule has 0 radical (unpaired) electrons. The van der Waals surface area contributed by atoms with E-state index in [1.165, 1.54) is 30.5 Å². The molecule has 0 atom stereocenters. The Hall–Kier alpha value is -3.34. The average Bonchev–Trinajstić information content (AvgIpc) is 3.18. The predicted molar refractivity (Wildman–Crippen MR) is 91.5 cm³/mol. The van der Waals surface area contributed by atoms with Gasteiger partial charge >= 0.3 is 18.2 Å². The fraction of sp³-hybridized carbons (Fsp3) is 0.278. The Morgan fingerprint density at radius 2 is 1.79 bits per heavy atom. The first-order valence-electron chi connectivity index (χ1n) is 8.23. The largest absolute Gasteiger partial charge is 0.467 e. The van der Waals surface area contributed by atoms with Crippen molar-refractivity contribution in [2.24, 2.45) is 0 Å². The molecule has 156 valence electrons. The number of benzene rings is 1. The van der Waals surface area contributed by atoms with Gasteiger partial charge in [-0.2, -0.15) is 13.2 Å². The van der Waals surface area contributed by atoms with Gasteiger partial charge in [0.25, 0.3) is 5.91 Å². The number of imide groups is 1. The second-order valence-electron chi connectivity index (χ2n) is 5.69. The third-order valence-electron chi connectivity index (χ3n) is 3.31. The fourth-order valence-electron chi connectivity index (χ4n) is 2.02. The highest BCUT2D eigenvalue weighted by Gasteiger charge is 2.27. The Balaban J connectivity index is 1.69. The summed E-state index contributed by atoms with van der Waals surface area (Å²) < 4.78 is 50.3. The summed E-state index contributed by atoms with van der Waals surface area (Å²) in [5.41, 5.74) is 0.511. The minimum absolute atomic E-state index is 0.0743. The number of furan rings is 1. The molecular formula is C18H17F3N2O6. The number of esters is 1. The van der Waals surface area contributed by atoms with E-state index in [1.54, 1.807) is 12.1 Å². The summed E-state index contributed by atoms with van der Waals surface area (Å²) in [4.78, 5) is 35.0. The van der Waals surface area contributed by atoms with Crippen LogP contribution in [0.25, 0.3) is 0 Å². The van der Waals surface area contributed by atoms with Crippen LogP contribution in [0.15, 0.2) is 47.1 Å². The molecular weight excluding hydrogens is 397 g/mol. The van der Waals surface area contributed by atoms with E-state index in [0.717, 1.165) is 0 Å². The molecule has 0 spiro atoms. The molecule has 1 aromatic carbocycles. The first-order chi connectivity index (χ1) is 13.7. The number of amides is 3. The molecule has 0 saturated heterocycles. The highest BCUT2D eigenvalue weighted by atomic mass is 19.4. The zero-order valence-electron chi connectivity index (χ0n) is 15.0. The molecule has 1 aromatic heterocycles. The Morgan fingerprint density at radius 1 is 1.07 bits per heavy atom. The third kappa shape index (κ3) is 8.47. The highest BCUT2D eigenvalue weighted by Crippen LogP contribution is 2.16. The van der Waals surface area contributed by atoms with Gasteiger partial charge in [-0.25, -0.2) is 9.59 Å². The maximum atomic E-state index is 12.0. The Labute approximate surface area is 163 Å². The van der Waals surface area contributed by atoms with Crippen molar-refractivity contribution in [2.75, 3.05) is 13.2 Å². The smallest absolute Gasteiger partial charge is 0.411 e. The molecule has 0 bridgehead atoms. The van der Waals surface area contributed by atoms with E-state index in [9.17, 15) is 27.6 Å². The zero-order valence-corrected chi connectivity index (χ0v) is 15.0. The van der Waals surface area contributed by atoms with Crippen molar-refractivity contribution in [1.29, 1.82) is 0 Å². The van der Waals surface area contributed by atoms with Gasteiger partial charge in [-0.3, -0.25) is 10.1 Å². The van der Waals surface area contributed by atoms with Crippen LogP contribution in [0.1, 0.15) is 21.7 Å². The maximum Gasteiger partial charge on any atom is 0.411 e. The topological polar surface area (TPSA) is 107 Å². The number of carbonyl (C=O) groups is 3. The Bertz CT molecular complexity index is 819. The number of rotatable bonds is 8. The number of carbonyl (C=O) groups excluding carboxylic acids is 3. The fourth-order valence-corrected chi connectivity index (χ4v) is 2.02. The Morgan fingerprint density at radius 3 is 2.41 bits per heavy atom. The summed E-state index contributed by atoms with van der Waals surface area (Å²) in [6.45, 7) is -2.26. The van der Waals surface area contributed by atoms with E-state index in [0.29, 0.717) is 11.3 Å². The lowest BCUT2D eigenvalue weighted by atomic mass is 10.1. The van der Waals surface area contributed by atoms with Gasteiger partial charge in [0.1, 0.15) is 12.4 Å². The summed E-state index contributed by atoms with van der Waals surface area (Å²) in [6, 6.07) is 7.93. The van der Waals surface area contributed by atoms with Crippen LogP contribution in [0.3, 0.4) is 0 Å². The molecule has 0 fully saturated rings. The van der Waals surface area contributed by atoms with E-state index >= 15 is 0 Å². The standard InChI is InChI=1S/C18H17F3N2O6/c19-18(20,21)11-27-9-12-3-5-13(6-4-12)16(25)29-10-15(24)23-17(26)22-8-14-2-1-7-28-14/h1-7H,8-11H2,(H2,22,23,24,26). The molecule has 2 N–H and O–H groups in total. The molecule has 0 aliphatic heterocycles. The molecule has 0 saturated carbocycles. The van der Waals surface area contributed by atoms with Crippen LogP contribution in [0, 0.1) is 0 Å². The van der Waals surface area contributed by atoms with E-state index in [1.807, 2.05) is 5.32 Å². The monoisotopic (exact) mass is 414 g/mol. The molecule has 0 aliphatic carbocycles. The van der Waals surface area contributed by atoms with Crippen LogP contribution in [0.2, 0.25) is 0 Å². The normalized spacial score (nSPS) is 11.0. The first kappa shape index (κ1) is 22.0. The quantitative estimate of drug-likeness (QED) is 0.643. The molecule has 3 amide bonds. The SMILES string of the molecule is O=C(COC(=O)c1ccc(COCC(F)(F)F)cc1)NC(=O)NCc1ccco1. The zero-order chi connectivity index (χ0) is 21.3. The van der Waals surface area contributed by atoms with Gasteiger partial charge in [0.15, 0.2) is 6.61 Å². The predicted octanol–water partition coefficient (Wildman–Crippen LogP) is 2.54. The number of alkyl halides is 3. The summed E-state index contributed by atoms with van der Waals surface area (Å²) >= 11 is 0. The van der Waals surface area contributed by atoms with E-state index < -0.39 is 37.3 Å². The van der Waals surface area contributed by atoms with Crippen molar-refractivity contribution < 1.29 is 41.4 Å². The van der Waals surface area contributed by atoms with Crippen LogP contribution < -0.4 is 10.6 Å². The second-order valence-corrected chi connectivity index (χ2v) is 5.69. The highest BCUT2D eigenvalue weighted by molar-refractivity contribution is 5.96. The van der Waals surface area contributed by atoms with Crippen LogP contribution in [0.4, 0.5) is 18.0 Å². The summed E-state index contributed by atoms with van der Waals surface area (Å²) in [6.07, 6.45) is -2.98. The third-order valence-corrected chi connectivity index (χ3v) is 3.31. The maximum absolute atomic E-state index is 12.0. The lowest BCUT2D eigenvalue weighted by Crippen LogP contribution is -2.41. The van der Waals surface area contributed by atoms with Crippen LogP contribution in [0.5, 0.6) is 0 Å². The summed E-state index contributed by atoms with van der Waals surface area (Å²) in [5.74, 6) is -1.18. The molecule has 0 unspecified atom stereocenters. The van der Waals surface area contributed by atoms with Gasteiger partial charge in [-0.15, -0.1) is 0 Å². The van der Waals surface area contributed by atoms with Crippen LogP contribution in [-0.4, -0.2) is 37.3 Å². The lowest BCUT2D eigenvalue weighted by molar-refractivity contribution is -0.176. The number of halogens is 3. The number of nitrogens with one attached hydrogen (secondary N) is 2. The van der Waals surface area contributed by atoms with Gasteiger partial charge in [0.2, 0.25) is 0 Å². The average molecular weight is 414 g/mol. The second kappa shape index (κ2) is 10.3. The van der Waals surface area contributed by atoms with E-state index in [2.05, 4.69) is 10.1 Å². The van der Waals surface area contributed by atoms with Crippen LogP contribution >= 0.6 is 0 Å². The molecule has 0 aliphatic rings. The van der Waals surface area contributed by atoms with Crippen molar-refractivity contribution in [3.63, 3.8) is 0 Å². The van der Waals surface area contributed by atoms with Crippen molar-refractivity contribution in [2.45, 2.75) is 19.3 Å². The van der Waals surface area contributed by atoms with Gasteiger partial charge < -0.3 is 19.2 Å². The van der Waals surface area contributed by atoms with Gasteiger partial charge in [-0.05, 0) is 29.8 Å². The van der Waals surface area contributed by atoms with Crippen LogP contribution in [-0.2, 0) is 27.4 Å². The van der Waals surface area contributed by atoms with Crippen molar-refractivity contribution in [3.8, 4) is 0 Å². The molecule has 8 nitrogen and oxygen atoms in total. The van der Waals surface area contributed by atoms with Crippen molar-refractivity contribution >= 4 is 17.9 Å². The first-order valence-corrected chi connectivity index (χ1v) is 8.23. The van der Waals surface area contributed by atoms with Gasteiger partial charge in [0.05, 0.1) is 25.0 Å². The molecule has 1 heterocycles. The Kier molecular flexibility index (Phi) is 7.78. The minimum Gasteiger partial charge on any atom is -0.467 e. The number of urea groups is 1. The molecule has 11 heteroatoms. The van der Waals surface area contributed by atoms with Crippen molar-refractivity contribution in [1.82, 2.24) is 10.6 Å².